The van der Waals surface area contributed by atoms with Crippen LogP contribution in [0, 0.1) is 36.5 Å². The molecule has 0 amide bonds. The van der Waals surface area contributed by atoms with Gasteiger partial charge in [0.1, 0.15) is 22.8 Å². The third-order valence-corrected chi connectivity index (χ3v) is 10.2. The molecule has 218 valence electrons. The van der Waals surface area contributed by atoms with E-state index in [1.165, 1.54) is 11.3 Å². The quantitative estimate of drug-likeness (QED) is 0.160. The average molecular weight is 568 g/mol. The van der Waals surface area contributed by atoms with E-state index in [-0.39, 0.29) is 0 Å². The van der Waals surface area contributed by atoms with E-state index in [1.54, 1.807) is 14.0 Å². The number of azo groups is 1. The largest absolute Gasteiger partial charge is 0.495 e. The maximum absolute atomic E-state index is 9.58. The molecule has 0 bridgehead atoms. The number of likely N-dealkylation sites (N-methyl/N-ethyl adjacent to an activating group) is 2. The van der Waals surface area contributed by atoms with Crippen molar-refractivity contribution in [2.24, 2.45) is 10.2 Å². The van der Waals surface area contributed by atoms with Gasteiger partial charge in [0.25, 0.3) is 0 Å². The van der Waals surface area contributed by atoms with E-state index in [1.807, 2.05) is 13.0 Å². The van der Waals surface area contributed by atoms with E-state index in [9.17, 15) is 10.5 Å². The molecular weight excluding hydrogens is 518 g/mol. The van der Waals surface area contributed by atoms with Gasteiger partial charge in [0.05, 0.1) is 89.5 Å². The number of rotatable bonds is 16. The van der Waals surface area contributed by atoms with Crippen LogP contribution in [-0.2, 0) is 0 Å². The lowest BCUT2D eigenvalue weighted by molar-refractivity contribution is -0.923. The molecule has 0 aliphatic carbocycles. The molecule has 0 aliphatic heterocycles. The normalized spacial score (nSPS) is 12.0. The van der Waals surface area contributed by atoms with Crippen LogP contribution in [0.3, 0.4) is 0 Å². The third-order valence-electron chi connectivity index (χ3n) is 9.14. The number of methoxy groups -OCH3 is 1. The van der Waals surface area contributed by atoms with Gasteiger partial charge in [-0.25, -0.2) is 0 Å². The van der Waals surface area contributed by atoms with Crippen molar-refractivity contribution in [3.05, 3.63) is 33.7 Å². The Balaban J connectivity index is 2.51. The molecular formula is C31H49N7OS+2. The summed E-state index contributed by atoms with van der Waals surface area (Å²) in [6.45, 7) is 28.3. The molecule has 2 aromatic rings. The number of hydrogen-bond donors (Lipinski definition) is 0. The summed E-state index contributed by atoms with van der Waals surface area (Å²) < 4.78 is 8.11. The zero-order chi connectivity index (χ0) is 29.9. The smallest absolute Gasteiger partial charge is 0.158 e. The molecule has 0 saturated heterocycles. The Morgan fingerprint density at radius 3 is 1.77 bits per heavy atom. The van der Waals surface area contributed by atoms with Gasteiger partial charge in [0.15, 0.2) is 5.00 Å². The van der Waals surface area contributed by atoms with Gasteiger partial charge in [-0.1, -0.05) is 0 Å². The molecule has 8 nitrogen and oxygen atoms in total. The maximum Gasteiger partial charge on any atom is 0.158 e. The first-order valence-electron chi connectivity index (χ1n) is 14.6. The molecule has 0 atom stereocenters. The fourth-order valence-corrected chi connectivity index (χ4v) is 6.27. The van der Waals surface area contributed by atoms with Crippen LogP contribution in [0.1, 0.15) is 63.1 Å². The predicted octanol–water partition coefficient (Wildman–Crippen LogP) is 7.09. The Hall–Kier alpha value is -2.98. The number of nitriles is 2. The van der Waals surface area contributed by atoms with Gasteiger partial charge in [-0.15, -0.1) is 21.6 Å². The van der Waals surface area contributed by atoms with Crippen molar-refractivity contribution in [3.8, 4) is 17.9 Å². The fourth-order valence-electron chi connectivity index (χ4n) is 5.40. The minimum Gasteiger partial charge on any atom is -0.495 e. The minimum absolute atomic E-state index is 0.409. The second-order valence-corrected chi connectivity index (χ2v) is 11.5. The van der Waals surface area contributed by atoms with Crippen LogP contribution < -0.4 is 9.64 Å². The lowest BCUT2D eigenvalue weighted by atomic mass is 10.1. The van der Waals surface area contributed by atoms with Crippen molar-refractivity contribution >= 4 is 27.7 Å². The molecule has 40 heavy (non-hydrogen) atoms. The van der Waals surface area contributed by atoms with Crippen molar-refractivity contribution in [2.75, 3.05) is 77.5 Å². The molecule has 0 radical (unpaired) electrons. The highest BCUT2D eigenvalue weighted by Gasteiger charge is 2.27. The monoisotopic (exact) mass is 567 g/mol. The molecule has 0 spiro atoms. The number of aryl methyl sites for hydroxylation is 1. The van der Waals surface area contributed by atoms with Gasteiger partial charge in [0.2, 0.25) is 0 Å². The van der Waals surface area contributed by atoms with Crippen LogP contribution in [0.15, 0.2) is 22.4 Å². The summed E-state index contributed by atoms with van der Waals surface area (Å²) in [6, 6.07) is 8.42. The number of nitrogens with zero attached hydrogens (tertiary/aromatic N) is 7. The molecule has 0 fully saturated rings. The van der Waals surface area contributed by atoms with Crippen LogP contribution in [0.25, 0.3) is 0 Å². The van der Waals surface area contributed by atoms with Gasteiger partial charge in [-0.2, -0.15) is 10.5 Å². The van der Waals surface area contributed by atoms with Crippen LogP contribution >= 0.6 is 11.3 Å². The average Bonchev–Trinajstić information content (AvgIpc) is 3.30. The fraction of sp³-hybridized carbons (Fsp3) is 0.613. The van der Waals surface area contributed by atoms with E-state index in [2.05, 4.69) is 74.9 Å². The summed E-state index contributed by atoms with van der Waals surface area (Å²) in [7, 11) is 1.71. The van der Waals surface area contributed by atoms with Crippen LogP contribution in [0.2, 0.25) is 0 Å². The minimum atomic E-state index is 0.409. The summed E-state index contributed by atoms with van der Waals surface area (Å²) in [4.78, 5) is 3.00. The summed E-state index contributed by atoms with van der Waals surface area (Å²) in [5, 5.41) is 28.3. The van der Waals surface area contributed by atoms with Crippen LogP contribution in [0.4, 0.5) is 16.4 Å². The number of anilines is 1. The molecule has 0 aliphatic rings. The summed E-state index contributed by atoms with van der Waals surface area (Å²) in [5.74, 6) is 0.769. The Morgan fingerprint density at radius 2 is 1.35 bits per heavy atom. The lowest BCUT2D eigenvalue weighted by Gasteiger charge is -2.40. The number of ether oxygens (including phenoxy) is 1. The number of quaternary nitrogens is 2. The Morgan fingerprint density at radius 1 is 0.825 bits per heavy atom. The summed E-state index contributed by atoms with van der Waals surface area (Å²) in [5.41, 5.74) is 3.83. The van der Waals surface area contributed by atoms with Gasteiger partial charge in [-0.3, -0.25) is 0 Å². The first-order valence-corrected chi connectivity index (χ1v) is 15.5. The van der Waals surface area contributed by atoms with E-state index < -0.39 is 0 Å². The molecule has 0 unspecified atom stereocenters. The predicted molar refractivity (Wildman–Crippen MR) is 166 cm³/mol. The highest BCUT2D eigenvalue weighted by atomic mass is 32.1. The van der Waals surface area contributed by atoms with E-state index in [0.29, 0.717) is 26.7 Å². The SMILES string of the molecule is CC[N+](CC)(CC)CCN(CC[N+](CC)(CC)CC)c1cc(C)c(N=Nc2sc(C#N)c(C)c2C#N)cc1OC. The zero-order valence-electron chi connectivity index (χ0n) is 26.2. The Bertz CT molecular complexity index is 1190. The van der Waals surface area contributed by atoms with Crippen molar-refractivity contribution < 1.29 is 13.7 Å². The molecule has 0 N–H and O–H groups in total. The van der Waals surface area contributed by atoms with E-state index in [0.717, 1.165) is 91.4 Å². The molecule has 0 saturated carbocycles. The summed E-state index contributed by atoms with van der Waals surface area (Å²) >= 11 is 1.20. The highest BCUT2D eigenvalue weighted by Crippen LogP contribution is 2.39. The van der Waals surface area contributed by atoms with Gasteiger partial charge < -0.3 is 18.6 Å². The Kier molecular flexibility index (Phi) is 12.6. The van der Waals surface area contributed by atoms with Gasteiger partial charge >= 0.3 is 0 Å². The first-order chi connectivity index (χ1) is 19.2. The van der Waals surface area contributed by atoms with Crippen molar-refractivity contribution in [3.63, 3.8) is 0 Å². The van der Waals surface area contributed by atoms with E-state index in [4.69, 9.17) is 4.74 Å². The topological polar surface area (TPSA) is 84.8 Å². The number of hydrogen-bond acceptors (Lipinski definition) is 7. The van der Waals surface area contributed by atoms with Crippen molar-refractivity contribution in [2.45, 2.75) is 55.4 Å². The third kappa shape index (κ3) is 7.40. The van der Waals surface area contributed by atoms with Crippen LogP contribution in [-0.4, -0.2) is 81.5 Å². The van der Waals surface area contributed by atoms with Crippen LogP contribution in [0.5, 0.6) is 5.75 Å². The molecule has 1 aromatic carbocycles. The second-order valence-electron chi connectivity index (χ2n) is 10.5. The standard InChI is InChI=1S/C31H49N7OS/c1-10-37(11-2,12-3)18-16-36(17-19-38(13-4,14-5)15-6)28-20-24(7)27(21-29(28)39-9)34-35-31-26(22-32)25(8)30(23-33)40-31/h20-21H,10-19H2,1-9H3/q+2. The Labute approximate surface area is 246 Å². The second kappa shape index (κ2) is 15.1. The van der Waals surface area contributed by atoms with Crippen molar-refractivity contribution in [1.82, 2.24) is 0 Å². The molecule has 9 heteroatoms. The molecule has 2 rings (SSSR count). The van der Waals surface area contributed by atoms with Crippen molar-refractivity contribution in [1.29, 1.82) is 10.5 Å². The first kappa shape index (κ1) is 33.2. The van der Waals surface area contributed by atoms with E-state index >= 15 is 0 Å². The van der Waals surface area contributed by atoms with Gasteiger partial charge in [0, 0.05) is 6.07 Å². The lowest BCUT2D eigenvalue weighted by Crippen LogP contribution is -2.54. The number of thiophene rings is 1. The number of benzene rings is 1. The summed E-state index contributed by atoms with van der Waals surface area (Å²) in [6.07, 6.45) is 0. The highest BCUT2D eigenvalue weighted by molar-refractivity contribution is 7.16. The molecule has 1 heterocycles. The van der Waals surface area contributed by atoms with Gasteiger partial charge in [-0.05, 0) is 72.6 Å². The zero-order valence-corrected chi connectivity index (χ0v) is 27.0. The maximum atomic E-state index is 9.58. The molecule has 1 aromatic heterocycles.